The van der Waals surface area contributed by atoms with Gasteiger partial charge >= 0.3 is 266 Å². The van der Waals surface area contributed by atoms with E-state index >= 15 is 0 Å². The van der Waals surface area contributed by atoms with Crippen LogP contribution < -0.4 is 310 Å². The van der Waals surface area contributed by atoms with E-state index in [4.69, 9.17) is 14.7 Å². The topological polar surface area (TPSA) is 741 Å². The average molecular weight is 1040 g/mol. The van der Waals surface area contributed by atoms with Gasteiger partial charge in [0.15, 0.2) is 0 Å². The van der Waals surface area contributed by atoms with Crippen LogP contribution in [0, 0.1) is 0 Å². The molecule has 49 heteroatoms. The molecule has 7 atom stereocenters. The van der Waals surface area contributed by atoms with Gasteiger partial charge in [-0.25, -0.2) is 0 Å². The Labute approximate surface area is 508 Å². The van der Waals surface area contributed by atoms with Crippen molar-refractivity contribution in [3.8, 4) is 0 Å². The second kappa shape index (κ2) is 51.1. The Morgan fingerprint density at radius 1 is 0.273 bits per heavy atom. The van der Waals surface area contributed by atoms with Gasteiger partial charge in [-0.05, 0) is 0 Å². The minimum atomic E-state index is -6.64. The fraction of sp³-hybridized carbons (Fsp3) is 1.00. The maximum Gasteiger partial charge on any atom is 1.00 e. The van der Waals surface area contributed by atoms with E-state index < -0.39 is 83.6 Å². The first kappa shape index (κ1) is 126. The third-order valence-corrected chi connectivity index (χ3v) is 6.49. The van der Waals surface area contributed by atoms with Crippen LogP contribution in [0.15, 0.2) is 0 Å². The van der Waals surface area contributed by atoms with Gasteiger partial charge in [0.2, 0.25) is 0 Å². The van der Waals surface area contributed by atoms with Crippen LogP contribution in [0.25, 0.3) is 0 Å². The summed E-state index contributed by atoms with van der Waals surface area (Å²) in [6.07, 6.45) is -20.8. The molecule has 23 N–H and O–H groups in total. The second-order valence-corrected chi connectivity index (χ2v) is 12.9. The average Bonchev–Trinajstić information content (AvgIpc) is 2.51. The minimum absolute atomic E-state index is 0. The van der Waals surface area contributed by atoms with Gasteiger partial charge < -0.3 is 154 Å². The molecule has 0 aromatic heterocycles. The monoisotopic (exact) mass is 1040 g/mol. The summed E-state index contributed by atoms with van der Waals surface area (Å²) in [6, 6.07) is 0. The van der Waals surface area contributed by atoms with Gasteiger partial charge in [0.25, 0.3) is 23.5 Å². The number of hydrogen-bond donors (Lipinski definition) is 3. The molecule has 55 heavy (non-hydrogen) atoms. The van der Waals surface area contributed by atoms with Gasteiger partial charge in [0.05, 0.1) is 23.5 Å². The fourth-order valence-corrected chi connectivity index (χ4v) is 6.01. The molecule has 1 fully saturated rings. The van der Waals surface area contributed by atoms with E-state index in [1.807, 2.05) is 0 Å². The molecule has 1 aliphatic rings. The number of phosphoric ester groups is 6. The first-order valence-corrected chi connectivity index (χ1v) is 16.7. The van der Waals surface area contributed by atoms with Crippen molar-refractivity contribution in [2.75, 3.05) is 0 Å². The Morgan fingerprint density at radius 2 is 0.364 bits per heavy atom. The third kappa shape index (κ3) is 59.3. The van der Waals surface area contributed by atoms with Crippen LogP contribution in [0.3, 0.4) is 0 Å². The molecule has 1 rings (SSSR count). The molecule has 7 unspecified atom stereocenters. The molecule has 0 aromatic carbocycles. The zero-order valence-corrected chi connectivity index (χ0v) is 53.4. The van der Waals surface area contributed by atoms with Gasteiger partial charge in [-0.3, -0.25) is 13.7 Å². The summed E-state index contributed by atoms with van der Waals surface area (Å²) >= 11 is 0. The van der Waals surface area contributed by atoms with Gasteiger partial charge in [-0.15, -0.1) is 0 Å². The molecule has 296 valence electrons. The summed E-state index contributed by atoms with van der Waals surface area (Å²) in [5.41, 5.74) is 0. The van der Waals surface area contributed by atoms with Crippen LogP contribution >= 0.6 is 46.9 Å². The van der Waals surface area contributed by atoms with Crippen molar-refractivity contribution in [2.45, 2.75) is 36.6 Å². The van der Waals surface area contributed by atoms with Crippen LogP contribution in [0.5, 0.6) is 0 Å². The summed E-state index contributed by atoms with van der Waals surface area (Å²) in [5, 5.41) is 0. The van der Waals surface area contributed by atoms with Crippen molar-refractivity contribution in [1.82, 2.24) is 0 Å². The summed E-state index contributed by atoms with van der Waals surface area (Å²) in [5.74, 6) is 0. The molecule has 0 radical (unpaired) electrons. The molecular weight excluding hydrogens is 1010 g/mol. The number of rotatable bonds is 12. The maximum absolute atomic E-state index is 11.2. The van der Waals surface area contributed by atoms with Crippen molar-refractivity contribution in [2.24, 2.45) is 0 Å². The van der Waals surface area contributed by atoms with Gasteiger partial charge in [-0.2, -0.15) is 0 Å². The van der Waals surface area contributed by atoms with E-state index in [1.165, 1.54) is 0 Å². The molecule has 0 heterocycles. The van der Waals surface area contributed by atoms with Gasteiger partial charge in [0, 0.05) is 0 Å². The fourth-order valence-electron chi connectivity index (χ4n) is 2.75. The van der Waals surface area contributed by atoms with Crippen LogP contribution in [0.4, 0.5) is 0 Å². The zero-order valence-electron chi connectivity index (χ0n) is 30.1. The second-order valence-electron chi connectivity index (χ2n) is 6.17. The standard InChI is InChI=1S/C6H18O24P6.9Na.10H2O/c7-31(8,9)25-1-2(26-32(10,11)12)4(28-34(16,17)18)6(30-36(22,23)24)5(29-35(19,20)21)3(1)27-33(13,14)15;;;;;;;;;;;;;;;;;;;/h1-6H,(H2,7,8,9)(H2,10,11,12)(H2,13,14,15)(H2,16,17,18)(H2,19,20,21)(H2,22,23,24);;;;;;;;;;10*1H2/q;9*+1;;;;;;;;;;/p-9. The maximum atomic E-state index is 11.2. The Balaban J connectivity index is -0.0000000401. The molecule has 1 aliphatic carbocycles. The van der Waals surface area contributed by atoms with Crippen molar-refractivity contribution in [3.63, 3.8) is 0 Å². The van der Waals surface area contributed by atoms with Crippen molar-refractivity contribution in [1.29, 1.82) is 0 Å². The van der Waals surface area contributed by atoms with Gasteiger partial charge in [-0.1, -0.05) is 0 Å². The first-order valence-electron chi connectivity index (χ1n) is 7.85. The van der Waals surface area contributed by atoms with Gasteiger partial charge in [0.1, 0.15) is 36.6 Å². The molecule has 0 aromatic rings. The molecule has 0 amide bonds. The molecule has 0 aliphatic heterocycles. The Morgan fingerprint density at radius 3 is 0.436 bits per heavy atom. The predicted molar refractivity (Wildman–Crippen MR) is 118 cm³/mol. The van der Waals surface area contributed by atoms with Crippen LogP contribution in [0.1, 0.15) is 0 Å². The van der Waals surface area contributed by atoms with E-state index in [9.17, 15) is 71.4 Å². The van der Waals surface area contributed by atoms with Crippen LogP contribution in [-0.4, -0.2) is 106 Å². The quantitative estimate of drug-likeness (QED) is 0.121. The summed E-state index contributed by atoms with van der Waals surface area (Å²) < 4.78 is 89.5. The van der Waals surface area contributed by atoms with E-state index in [0.29, 0.717) is 0 Å². The van der Waals surface area contributed by atoms with Crippen molar-refractivity contribution >= 4 is 46.9 Å². The summed E-state index contributed by atoms with van der Waals surface area (Å²) in [7, 11) is -39.1. The molecule has 34 nitrogen and oxygen atoms in total. The number of hydrogen-bond acceptors (Lipinski definition) is 21. The smallest absolute Gasteiger partial charge is 0.790 e. The van der Waals surface area contributed by atoms with Crippen molar-refractivity contribution < 1.29 is 434 Å². The molecule has 1 saturated carbocycles. The summed E-state index contributed by atoms with van der Waals surface area (Å²) in [6.45, 7) is 0. The molecule has 0 saturated heterocycles. The third-order valence-electron chi connectivity index (χ3n) is 3.46. The largest absolute Gasteiger partial charge is 1.00 e. The zero-order chi connectivity index (χ0) is 28.7. The Bertz CT molecular complexity index is 858. The minimum Gasteiger partial charge on any atom is -0.790 e. The first-order chi connectivity index (χ1) is 15.6. The van der Waals surface area contributed by atoms with E-state index in [2.05, 4.69) is 27.1 Å². The molecular formula is C6H29Na9O34P6. The predicted octanol–water partition coefficient (Wildman–Crippen LogP) is -44.0. The van der Waals surface area contributed by atoms with E-state index in [-0.39, 0.29) is 321 Å². The van der Waals surface area contributed by atoms with E-state index in [0.717, 1.165) is 0 Å². The van der Waals surface area contributed by atoms with Crippen LogP contribution in [0.2, 0.25) is 0 Å². The molecule has 0 spiro atoms. The van der Waals surface area contributed by atoms with E-state index in [1.54, 1.807) is 0 Å². The normalized spacial score (nSPS) is 21.8. The van der Waals surface area contributed by atoms with Crippen molar-refractivity contribution in [3.05, 3.63) is 0 Å². The Kier molecular flexibility index (Phi) is 117. The SMILES string of the molecule is O.O.O.O.O.O.O.O.O.O.O=P([O-])([O-])OC1C(OP(=O)([O-])[O-])C(OP(=O)([O-])O)C(OP(=O)([O-])O)C(OP(=O)([O-])O)C1OP(=O)([O-])[O-].[Na+].[Na+].[Na+].[Na+].[Na+].[Na+].[Na+].[Na+].[Na+]. The Hall–Kier alpha value is 9.26. The molecule has 0 bridgehead atoms. The summed E-state index contributed by atoms with van der Waals surface area (Å²) in [4.78, 5) is 127. The van der Waals surface area contributed by atoms with Crippen LogP contribution in [-0.2, 0) is 54.5 Å². The number of phosphoric acid groups is 6.